The number of ether oxygens (including phenoxy) is 3. The van der Waals surface area contributed by atoms with Crippen molar-refractivity contribution in [2.75, 3.05) is 19.8 Å². The Hall–Kier alpha value is -2.53. The van der Waals surface area contributed by atoms with Crippen LogP contribution in [0.3, 0.4) is 0 Å². The highest BCUT2D eigenvalue weighted by molar-refractivity contribution is 5.77. The summed E-state index contributed by atoms with van der Waals surface area (Å²) in [6.45, 7) is 5.41. The fourth-order valence-electron chi connectivity index (χ4n) is 2.96. The molecule has 0 bridgehead atoms. The third kappa shape index (κ3) is 5.49. The van der Waals surface area contributed by atoms with Gasteiger partial charge in [0.25, 0.3) is 5.91 Å². The van der Waals surface area contributed by atoms with Crippen molar-refractivity contribution in [3.63, 3.8) is 0 Å². The number of hydrogen-bond donors (Lipinski definition) is 1. The zero-order valence-electron chi connectivity index (χ0n) is 15.3. The molecule has 1 atom stereocenters. The molecule has 0 spiro atoms. The Morgan fingerprint density at radius 1 is 1.08 bits per heavy atom. The van der Waals surface area contributed by atoms with Crippen LogP contribution in [0.25, 0.3) is 0 Å². The number of rotatable bonds is 7. The van der Waals surface area contributed by atoms with E-state index < -0.39 is 0 Å². The average molecular weight is 355 g/mol. The molecule has 1 aliphatic rings. The molecule has 2 aromatic carbocycles. The van der Waals surface area contributed by atoms with E-state index in [0.29, 0.717) is 12.3 Å². The summed E-state index contributed by atoms with van der Waals surface area (Å²) in [6.07, 6.45) is 2.21. The number of nitrogens with one attached hydrogen (secondary N) is 1. The number of carbonyl (C=O) groups is 1. The van der Waals surface area contributed by atoms with Crippen molar-refractivity contribution >= 4 is 5.91 Å². The van der Waals surface area contributed by atoms with Gasteiger partial charge in [0.2, 0.25) is 0 Å². The van der Waals surface area contributed by atoms with E-state index in [9.17, 15) is 4.79 Å². The van der Waals surface area contributed by atoms with Crippen LogP contribution in [0.1, 0.15) is 24.0 Å². The van der Waals surface area contributed by atoms with E-state index in [1.807, 2.05) is 38.1 Å². The first kappa shape index (κ1) is 18.3. The zero-order chi connectivity index (χ0) is 18.4. The largest absolute Gasteiger partial charge is 0.484 e. The van der Waals surface area contributed by atoms with Crippen molar-refractivity contribution in [3.8, 4) is 17.2 Å². The van der Waals surface area contributed by atoms with Crippen LogP contribution in [-0.2, 0) is 9.53 Å². The summed E-state index contributed by atoms with van der Waals surface area (Å²) in [5.41, 5.74) is 2.32. The van der Waals surface area contributed by atoms with Gasteiger partial charge < -0.3 is 19.5 Å². The van der Waals surface area contributed by atoms with Crippen molar-refractivity contribution in [2.45, 2.75) is 32.8 Å². The van der Waals surface area contributed by atoms with E-state index >= 15 is 0 Å². The minimum absolute atomic E-state index is 0.00992. The molecule has 2 aromatic rings. The van der Waals surface area contributed by atoms with Gasteiger partial charge in [0, 0.05) is 13.2 Å². The number of hydrogen-bond acceptors (Lipinski definition) is 4. The van der Waals surface area contributed by atoms with E-state index in [1.165, 1.54) is 0 Å². The lowest BCUT2D eigenvalue weighted by atomic mass is 10.1. The molecule has 26 heavy (non-hydrogen) atoms. The van der Waals surface area contributed by atoms with Gasteiger partial charge in [0.15, 0.2) is 6.61 Å². The number of aryl methyl sites for hydroxylation is 2. The van der Waals surface area contributed by atoms with Crippen LogP contribution >= 0.6 is 0 Å². The van der Waals surface area contributed by atoms with Crippen molar-refractivity contribution in [3.05, 3.63) is 53.6 Å². The molecule has 1 aliphatic heterocycles. The molecule has 5 heteroatoms. The molecule has 5 nitrogen and oxygen atoms in total. The van der Waals surface area contributed by atoms with Gasteiger partial charge in [-0.05, 0) is 74.2 Å². The van der Waals surface area contributed by atoms with Crippen LogP contribution in [0, 0.1) is 13.8 Å². The molecular formula is C21H25NO4. The monoisotopic (exact) mass is 355 g/mol. The van der Waals surface area contributed by atoms with E-state index in [1.54, 1.807) is 12.1 Å². The summed E-state index contributed by atoms with van der Waals surface area (Å²) in [6, 6.07) is 13.4. The second-order valence-corrected chi connectivity index (χ2v) is 6.62. The average Bonchev–Trinajstić information content (AvgIpc) is 3.12. The van der Waals surface area contributed by atoms with Crippen molar-refractivity contribution in [2.24, 2.45) is 0 Å². The van der Waals surface area contributed by atoms with Gasteiger partial charge in [-0.15, -0.1) is 0 Å². The molecule has 138 valence electrons. The molecule has 1 fully saturated rings. The third-order valence-electron chi connectivity index (χ3n) is 4.18. The molecule has 1 amide bonds. The molecule has 1 saturated heterocycles. The molecule has 1 heterocycles. The SMILES string of the molecule is Cc1cc(C)cc(Oc2ccc(OCC(=O)NCC3CCCO3)cc2)c1. The minimum Gasteiger partial charge on any atom is -0.484 e. The summed E-state index contributed by atoms with van der Waals surface area (Å²) in [5, 5.41) is 2.84. The molecule has 0 saturated carbocycles. The second kappa shape index (κ2) is 8.72. The Kier molecular flexibility index (Phi) is 6.12. The quantitative estimate of drug-likeness (QED) is 0.821. The minimum atomic E-state index is -0.143. The maximum atomic E-state index is 11.8. The first-order valence-corrected chi connectivity index (χ1v) is 8.96. The molecule has 0 aromatic heterocycles. The van der Waals surface area contributed by atoms with E-state index in [-0.39, 0.29) is 18.6 Å². The predicted molar refractivity (Wildman–Crippen MR) is 99.9 cm³/mol. The molecular weight excluding hydrogens is 330 g/mol. The van der Waals surface area contributed by atoms with Crippen LogP contribution in [0.15, 0.2) is 42.5 Å². The van der Waals surface area contributed by atoms with Gasteiger partial charge in [-0.3, -0.25) is 4.79 Å². The molecule has 3 rings (SSSR count). The van der Waals surface area contributed by atoms with Crippen molar-refractivity contribution < 1.29 is 19.0 Å². The van der Waals surface area contributed by atoms with Crippen molar-refractivity contribution in [1.82, 2.24) is 5.32 Å². The first-order chi connectivity index (χ1) is 12.6. The number of benzene rings is 2. The fraction of sp³-hybridized carbons (Fsp3) is 0.381. The van der Waals surface area contributed by atoms with E-state index in [2.05, 4.69) is 11.4 Å². The lowest BCUT2D eigenvalue weighted by Gasteiger charge is -2.12. The van der Waals surface area contributed by atoms with E-state index in [0.717, 1.165) is 42.1 Å². The molecule has 0 aliphatic carbocycles. The standard InChI is InChI=1S/C21H25NO4/c1-15-10-16(2)12-20(11-15)26-18-7-5-17(6-8-18)25-14-21(23)22-13-19-4-3-9-24-19/h5-8,10-12,19H,3-4,9,13-14H2,1-2H3,(H,22,23). The fourth-order valence-corrected chi connectivity index (χ4v) is 2.96. The van der Waals surface area contributed by atoms with Gasteiger partial charge in [-0.25, -0.2) is 0 Å². The normalized spacial score (nSPS) is 16.3. The Morgan fingerprint density at radius 2 is 1.77 bits per heavy atom. The zero-order valence-corrected chi connectivity index (χ0v) is 15.3. The van der Waals surface area contributed by atoms with Gasteiger partial charge >= 0.3 is 0 Å². The highest BCUT2D eigenvalue weighted by Crippen LogP contribution is 2.25. The van der Waals surface area contributed by atoms with Gasteiger partial charge in [-0.1, -0.05) is 6.07 Å². The maximum Gasteiger partial charge on any atom is 0.258 e. The summed E-state index contributed by atoms with van der Waals surface area (Å²) < 4.78 is 16.9. The lowest BCUT2D eigenvalue weighted by Crippen LogP contribution is -2.35. The smallest absolute Gasteiger partial charge is 0.258 e. The van der Waals surface area contributed by atoms with Crippen LogP contribution in [-0.4, -0.2) is 31.8 Å². The van der Waals surface area contributed by atoms with Crippen LogP contribution in [0.5, 0.6) is 17.2 Å². The van der Waals surface area contributed by atoms with Crippen LogP contribution < -0.4 is 14.8 Å². The molecule has 0 radical (unpaired) electrons. The van der Waals surface area contributed by atoms with Crippen molar-refractivity contribution in [1.29, 1.82) is 0 Å². The highest BCUT2D eigenvalue weighted by atomic mass is 16.5. The van der Waals surface area contributed by atoms with Crippen LogP contribution in [0.4, 0.5) is 0 Å². The lowest BCUT2D eigenvalue weighted by molar-refractivity contribution is -0.123. The Labute approximate surface area is 154 Å². The third-order valence-corrected chi connectivity index (χ3v) is 4.18. The summed E-state index contributed by atoms with van der Waals surface area (Å²) in [4.78, 5) is 11.8. The first-order valence-electron chi connectivity index (χ1n) is 8.96. The van der Waals surface area contributed by atoms with E-state index in [4.69, 9.17) is 14.2 Å². The Morgan fingerprint density at radius 3 is 2.42 bits per heavy atom. The van der Waals surface area contributed by atoms with Gasteiger partial charge in [0.05, 0.1) is 6.10 Å². The van der Waals surface area contributed by atoms with Gasteiger partial charge in [0.1, 0.15) is 17.2 Å². The highest BCUT2D eigenvalue weighted by Gasteiger charge is 2.16. The number of carbonyl (C=O) groups excluding carboxylic acids is 1. The molecule has 1 unspecified atom stereocenters. The Balaban J connectivity index is 1.45. The Bertz CT molecular complexity index is 716. The van der Waals surface area contributed by atoms with Crippen LogP contribution in [0.2, 0.25) is 0 Å². The summed E-state index contributed by atoms with van der Waals surface area (Å²) >= 11 is 0. The number of amides is 1. The predicted octanol–water partition coefficient (Wildman–Crippen LogP) is 3.77. The summed E-state index contributed by atoms with van der Waals surface area (Å²) in [7, 11) is 0. The second-order valence-electron chi connectivity index (χ2n) is 6.62. The maximum absolute atomic E-state index is 11.8. The topological polar surface area (TPSA) is 56.8 Å². The summed E-state index contributed by atoms with van der Waals surface area (Å²) in [5.74, 6) is 2.02. The van der Waals surface area contributed by atoms with Gasteiger partial charge in [-0.2, -0.15) is 0 Å². The molecule has 1 N–H and O–H groups in total.